The number of thiocarbonyl (C=S) groups is 1. The van der Waals surface area contributed by atoms with Crippen LogP contribution in [0.3, 0.4) is 0 Å². The van der Waals surface area contributed by atoms with Gasteiger partial charge in [0.2, 0.25) is 0 Å². The van der Waals surface area contributed by atoms with Crippen molar-refractivity contribution >= 4 is 28.7 Å². The summed E-state index contributed by atoms with van der Waals surface area (Å²) in [6, 6.07) is 22.6. The number of fused-ring (bicyclic) bond motifs is 3. The number of hydrogen-bond donors (Lipinski definition) is 1. The van der Waals surface area contributed by atoms with Crippen LogP contribution in [0.1, 0.15) is 29.2 Å². The number of ether oxygens (including phenoxy) is 1. The van der Waals surface area contributed by atoms with Gasteiger partial charge in [-0.05, 0) is 72.6 Å². The molecule has 1 aliphatic heterocycles. The van der Waals surface area contributed by atoms with E-state index < -0.39 is 0 Å². The second-order valence-electron chi connectivity index (χ2n) is 7.79. The van der Waals surface area contributed by atoms with Crippen molar-refractivity contribution < 1.29 is 9.13 Å². The third-order valence-corrected chi connectivity index (χ3v) is 6.28. The molecule has 2 unspecified atom stereocenters. The molecule has 0 fully saturated rings. The number of aryl methyl sites for hydroxylation is 1. The van der Waals surface area contributed by atoms with Gasteiger partial charge in [0.05, 0.1) is 18.9 Å². The van der Waals surface area contributed by atoms with Crippen LogP contribution in [0, 0.1) is 11.7 Å². The van der Waals surface area contributed by atoms with Gasteiger partial charge in [0.1, 0.15) is 11.6 Å². The van der Waals surface area contributed by atoms with Crippen molar-refractivity contribution in [3.05, 3.63) is 95.3 Å². The Morgan fingerprint density at radius 1 is 1.06 bits per heavy atom. The Morgan fingerprint density at radius 3 is 2.55 bits per heavy atom. The van der Waals surface area contributed by atoms with E-state index in [0.29, 0.717) is 5.11 Å². The Hall–Kier alpha value is -3.25. The normalized spacial score (nSPS) is 19.3. The van der Waals surface area contributed by atoms with E-state index in [1.807, 2.05) is 47.5 Å². The van der Waals surface area contributed by atoms with Gasteiger partial charge in [-0.3, -0.25) is 0 Å². The van der Waals surface area contributed by atoms with Crippen LogP contribution in [0.5, 0.6) is 5.75 Å². The zero-order valence-corrected chi connectivity index (χ0v) is 17.9. The van der Waals surface area contributed by atoms with Crippen molar-refractivity contribution in [1.29, 1.82) is 0 Å². The molecule has 156 valence electrons. The molecule has 6 heteroatoms. The third-order valence-electron chi connectivity index (χ3n) is 5.99. The zero-order valence-electron chi connectivity index (χ0n) is 17.1. The maximum absolute atomic E-state index is 13.6. The van der Waals surface area contributed by atoms with E-state index in [0.717, 1.165) is 35.6 Å². The van der Waals surface area contributed by atoms with Crippen LogP contribution in [-0.4, -0.2) is 22.9 Å². The van der Waals surface area contributed by atoms with Crippen LogP contribution in [0.2, 0.25) is 0 Å². The van der Waals surface area contributed by atoms with E-state index in [9.17, 15) is 4.39 Å². The molecular weight excluding hydrogens is 409 g/mol. The molecule has 2 atom stereocenters. The number of nitrogens with one attached hydrogen (secondary N) is 1. The average Bonchev–Trinajstić information content (AvgIpc) is 3.20. The standard InChI is InChI=1S/C25H22FN3OS/c1-30-20-13-11-19(12-14-20)27-25(31)29-24(17-6-9-18(26)10-7-17)22-15-8-16-4-2-3-5-21(16)23(22)28-29/h2-7,9-14,22,24H,8,15H2,1H3,(H,27,31). The monoisotopic (exact) mass is 431 g/mol. The largest absolute Gasteiger partial charge is 0.497 e. The highest BCUT2D eigenvalue weighted by Gasteiger charge is 2.42. The van der Waals surface area contributed by atoms with Gasteiger partial charge in [-0.25, -0.2) is 9.40 Å². The lowest BCUT2D eigenvalue weighted by atomic mass is 9.77. The van der Waals surface area contributed by atoms with Gasteiger partial charge in [0.25, 0.3) is 0 Å². The molecule has 0 radical (unpaired) electrons. The fraction of sp³-hybridized carbons (Fsp3) is 0.200. The number of anilines is 1. The summed E-state index contributed by atoms with van der Waals surface area (Å²) in [5.74, 6) is 0.725. The first kappa shape index (κ1) is 19.7. The number of benzene rings is 3. The maximum Gasteiger partial charge on any atom is 0.194 e. The topological polar surface area (TPSA) is 36.9 Å². The average molecular weight is 432 g/mol. The first-order valence-electron chi connectivity index (χ1n) is 10.3. The summed E-state index contributed by atoms with van der Waals surface area (Å²) >= 11 is 5.78. The molecule has 3 aromatic carbocycles. The first-order chi connectivity index (χ1) is 15.1. The lowest BCUT2D eigenvalue weighted by Crippen LogP contribution is -2.34. The Labute approximate surface area is 186 Å². The van der Waals surface area contributed by atoms with E-state index in [4.69, 9.17) is 22.1 Å². The summed E-state index contributed by atoms with van der Waals surface area (Å²) in [5.41, 5.74) is 5.41. The lowest BCUT2D eigenvalue weighted by Gasteiger charge is -2.30. The van der Waals surface area contributed by atoms with E-state index in [-0.39, 0.29) is 17.8 Å². The summed E-state index contributed by atoms with van der Waals surface area (Å²) in [7, 11) is 1.64. The van der Waals surface area contributed by atoms with Gasteiger partial charge < -0.3 is 10.1 Å². The van der Waals surface area contributed by atoms with Crippen molar-refractivity contribution in [3.8, 4) is 5.75 Å². The quantitative estimate of drug-likeness (QED) is 0.552. The molecular formula is C25H22FN3OS. The fourth-order valence-corrected chi connectivity index (χ4v) is 4.75. The molecule has 2 aliphatic rings. The molecule has 5 rings (SSSR count). The minimum Gasteiger partial charge on any atom is -0.497 e. The van der Waals surface area contributed by atoms with Crippen LogP contribution in [0.15, 0.2) is 77.9 Å². The zero-order chi connectivity index (χ0) is 21.4. The molecule has 1 N–H and O–H groups in total. The van der Waals surface area contributed by atoms with Gasteiger partial charge in [-0.2, -0.15) is 5.10 Å². The first-order valence-corrected chi connectivity index (χ1v) is 10.7. The van der Waals surface area contributed by atoms with E-state index >= 15 is 0 Å². The molecule has 0 aromatic heterocycles. The Bertz CT molecular complexity index is 1140. The van der Waals surface area contributed by atoms with Crippen molar-refractivity contribution in [2.45, 2.75) is 18.9 Å². The van der Waals surface area contributed by atoms with Crippen LogP contribution < -0.4 is 10.1 Å². The predicted octanol–water partition coefficient (Wildman–Crippen LogP) is 5.55. The predicted molar refractivity (Wildman–Crippen MR) is 125 cm³/mol. The Kier molecular flexibility index (Phi) is 5.16. The highest BCUT2D eigenvalue weighted by Crippen LogP contribution is 2.43. The van der Waals surface area contributed by atoms with Crippen LogP contribution in [0.25, 0.3) is 0 Å². The number of rotatable bonds is 3. The molecule has 0 spiro atoms. The Morgan fingerprint density at radius 2 is 1.81 bits per heavy atom. The van der Waals surface area contributed by atoms with Gasteiger partial charge in [0, 0.05) is 17.2 Å². The van der Waals surface area contributed by atoms with Crippen LogP contribution in [0.4, 0.5) is 10.1 Å². The molecule has 31 heavy (non-hydrogen) atoms. The van der Waals surface area contributed by atoms with Crippen molar-refractivity contribution in [2.75, 3.05) is 12.4 Å². The summed E-state index contributed by atoms with van der Waals surface area (Å²) in [6.07, 6.45) is 1.96. The summed E-state index contributed by atoms with van der Waals surface area (Å²) in [6.45, 7) is 0. The van der Waals surface area contributed by atoms with E-state index in [2.05, 4.69) is 23.5 Å². The minimum atomic E-state index is -0.248. The molecule has 1 heterocycles. The minimum absolute atomic E-state index is 0.0813. The molecule has 0 saturated carbocycles. The number of hydrazone groups is 1. The second-order valence-corrected chi connectivity index (χ2v) is 8.17. The SMILES string of the molecule is COc1ccc(NC(=S)N2N=C3c4ccccc4CCC3C2c2ccc(F)cc2)cc1. The van der Waals surface area contributed by atoms with Crippen molar-refractivity contribution in [2.24, 2.45) is 11.0 Å². The Balaban J connectivity index is 1.51. The summed E-state index contributed by atoms with van der Waals surface area (Å²) in [5, 5.41) is 10.7. The van der Waals surface area contributed by atoms with Gasteiger partial charge in [-0.15, -0.1) is 0 Å². The fourth-order valence-electron chi connectivity index (χ4n) is 4.48. The van der Waals surface area contributed by atoms with Crippen molar-refractivity contribution in [1.82, 2.24) is 5.01 Å². The summed E-state index contributed by atoms with van der Waals surface area (Å²) in [4.78, 5) is 0. The smallest absolute Gasteiger partial charge is 0.194 e. The molecule has 0 saturated heterocycles. The van der Waals surface area contributed by atoms with E-state index in [1.165, 1.54) is 23.3 Å². The van der Waals surface area contributed by atoms with Gasteiger partial charge >= 0.3 is 0 Å². The molecule has 0 bridgehead atoms. The number of nitrogens with zero attached hydrogens (tertiary/aromatic N) is 2. The molecule has 1 aliphatic carbocycles. The van der Waals surface area contributed by atoms with E-state index in [1.54, 1.807) is 7.11 Å². The molecule has 4 nitrogen and oxygen atoms in total. The molecule has 3 aromatic rings. The summed E-state index contributed by atoms with van der Waals surface area (Å²) < 4.78 is 18.9. The number of hydrogen-bond acceptors (Lipinski definition) is 3. The van der Waals surface area contributed by atoms with Gasteiger partial charge in [0.15, 0.2) is 5.11 Å². The molecule has 0 amide bonds. The van der Waals surface area contributed by atoms with Gasteiger partial charge in [-0.1, -0.05) is 36.4 Å². The van der Waals surface area contributed by atoms with Crippen LogP contribution in [-0.2, 0) is 6.42 Å². The maximum atomic E-state index is 13.6. The second kappa shape index (κ2) is 8.12. The lowest BCUT2D eigenvalue weighted by molar-refractivity contribution is 0.311. The number of halogens is 1. The highest BCUT2D eigenvalue weighted by molar-refractivity contribution is 7.80. The van der Waals surface area contributed by atoms with Crippen LogP contribution >= 0.6 is 12.2 Å². The highest BCUT2D eigenvalue weighted by atomic mass is 32.1. The van der Waals surface area contributed by atoms with Crippen molar-refractivity contribution in [3.63, 3.8) is 0 Å². The number of methoxy groups -OCH3 is 1. The third kappa shape index (κ3) is 3.68.